The zero-order valence-electron chi connectivity index (χ0n) is 17.3. The van der Waals surface area contributed by atoms with Gasteiger partial charge in [-0.2, -0.15) is 0 Å². The summed E-state index contributed by atoms with van der Waals surface area (Å²) in [4.78, 5) is 28.8. The summed E-state index contributed by atoms with van der Waals surface area (Å²) in [5.74, 6) is -1.38. The highest BCUT2D eigenvalue weighted by Gasteiger charge is 2.22. The smallest absolute Gasteiger partial charge is 0.313 e. The van der Waals surface area contributed by atoms with Crippen LogP contribution in [0.2, 0.25) is 5.02 Å². The fourth-order valence-corrected chi connectivity index (χ4v) is 3.70. The van der Waals surface area contributed by atoms with Gasteiger partial charge >= 0.3 is 11.8 Å². The summed E-state index contributed by atoms with van der Waals surface area (Å²) in [5.41, 5.74) is 5.09. The number of rotatable bonds is 5. The number of hydrogen-bond acceptors (Lipinski definition) is 4. The number of carbonyl (C=O) groups is 2. The van der Waals surface area contributed by atoms with Crippen LogP contribution in [0.3, 0.4) is 0 Å². The Morgan fingerprint density at radius 2 is 1.93 bits per heavy atom. The minimum Gasteiger partial charge on any atom is -0.374 e. The van der Waals surface area contributed by atoms with Gasteiger partial charge in [0.1, 0.15) is 0 Å². The number of likely N-dealkylation sites (N-methyl/N-ethyl adjacent to an activating group) is 2. The fraction of sp³-hybridized carbons (Fsp3) is 0.364. The Morgan fingerprint density at radius 1 is 1.17 bits per heavy atom. The molecule has 7 heteroatoms. The number of nitrogens with zero attached hydrogens (tertiary/aromatic N) is 2. The van der Waals surface area contributed by atoms with E-state index < -0.39 is 11.8 Å². The maximum Gasteiger partial charge on any atom is 0.313 e. The van der Waals surface area contributed by atoms with Crippen LogP contribution in [-0.2, 0) is 16.0 Å². The highest BCUT2D eigenvalue weighted by atomic mass is 35.5. The second kappa shape index (κ2) is 8.84. The van der Waals surface area contributed by atoms with Gasteiger partial charge in [0.2, 0.25) is 0 Å². The van der Waals surface area contributed by atoms with Gasteiger partial charge in [-0.05, 0) is 62.3 Å². The van der Waals surface area contributed by atoms with E-state index in [0.717, 1.165) is 24.1 Å². The van der Waals surface area contributed by atoms with Gasteiger partial charge in [0.05, 0.1) is 6.04 Å². The van der Waals surface area contributed by atoms with Crippen LogP contribution in [0, 0.1) is 6.92 Å². The van der Waals surface area contributed by atoms with E-state index in [0.29, 0.717) is 17.3 Å². The standard InChI is InChI=1S/C22H27ClN4O2/c1-14-5-7-17(12-18(14)23)25-22(29)21(28)24-13-20(26(2)3)15-6-8-19-16(11-15)9-10-27(19)4/h5-8,11-12,20H,9-10,13H2,1-4H3,(H,24,28)(H,25,29)/t20-/m0/s1. The van der Waals surface area contributed by atoms with Crippen molar-refractivity contribution in [2.24, 2.45) is 0 Å². The molecule has 1 aliphatic heterocycles. The number of carbonyl (C=O) groups excluding carboxylic acids is 2. The molecule has 1 heterocycles. The summed E-state index contributed by atoms with van der Waals surface area (Å²) < 4.78 is 0. The molecule has 0 spiro atoms. The molecule has 2 N–H and O–H groups in total. The van der Waals surface area contributed by atoms with Gasteiger partial charge in [0, 0.05) is 36.5 Å². The molecule has 0 fully saturated rings. The molecular weight excluding hydrogens is 388 g/mol. The quantitative estimate of drug-likeness (QED) is 0.738. The number of fused-ring (bicyclic) bond motifs is 1. The molecule has 29 heavy (non-hydrogen) atoms. The van der Waals surface area contributed by atoms with Crippen LogP contribution in [0.1, 0.15) is 22.7 Å². The van der Waals surface area contributed by atoms with Gasteiger partial charge in [-0.3, -0.25) is 9.59 Å². The molecule has 0 saturated carbocycles. The molecule has 0 bridgehead atoms. The summed E-state index contributed by atoms with van der Waals surface area (Å²) >= 11 is 6.07. The average Bonchev–Trinajstić information content (AvgIpc) is 3.05. The monoisotopic (exact) mass is 414 g/mol. The van der Waals surface area contributed by atoms with Crippen molar-refractivity contribution < 1.29 is 9.59 Å². The lowest BCUT2D eigenvalue weighted by Crippen LogP contribution is -2.40. The van der Waals surface area contributed by atoms with Crippen LogP contribution in [0.15, 0.2) is 36.4 Å². The van der Waals surface area contributed by atoms with Crippen molar-refractivity contribution in [1.29, 1.82) is 0 Å². The van der Waals surface area contributed by atoms with Crippen molar-refractivity contribution in [3.63, 3.8) is 0 Å². The Balaban J connectivity index is 1.63. The summed E-state index contributed by atoms with van der Waals surface area (Å²) in [7, 11) is 6.02. The number of anilines is 2. The molecule has 0 saturated heterocycles. The second-order valence-corrected chi connectivity index (χ2v) is 8.07. The predicted octanol–water partition coefficient (Wildman–Crippen LogP) is 3.00. The van der Waals surface area contributed by atoms with E-state index in [1.54, 1.807) is 18.2 Å². The third-order valence-electron chi connectivity index (χ3n) is 5.33. The SMILES string of the molecule is Cc1ccc(NC(=O)C(=O)NC[C@@H](c2ccc3c(c2)CCN3C)N(C)C)cc1Cl. The van der Waals surface area contributed by atoms with Gasteiger partial charge in [-0.25, -0.2) is 0 Å². The molecule has 2 amide bonds. The molecule has 1 aliphatic rings. The molecule has 0 aliphatic carbocycles. The van der Waals surface area contributed by atoms with Crippen LogP contribution in [0.5, 0.6) is 0 Å². The van der Waals surface area contributed by atoms with Crippen molar-refractivity contribution in [1.82, 2.24) is 10.2 Å². The topological polar surface area (TPSA) is 64.7 Å². The van der Waals surface area contributed by atoms with Crippen molar-refractivity contribution >= 4 is 34.8 Å². The van der Waals surface area contributed by atoms with Crippen LogP contribution in [0.4, 0.5) is 11.4 Å². The Bertz CT molecular complexity index is 929. The van der Waals surface area contributed by atoms with Gasteiger partial charge in [-0.15, -0.1) is 0 Å². The molecule has 0 unspecified atom stereocenters. The van der Waals surface area contributed by atoms with E-state index in [1.165, 1.54) is 11.3 Å². The Kier molecular flexibility index (Phi) is 6.45. The molecule has 1 atom stereocenters. The first-order valence-electron chi connectivity index (χ1n) is 9.62. The largest absolute Gasteiger partial charge is 0.374 e. The Labute approximate surface area is 176 Å². The molecule has 2 aromatic rings. The van der Waals surface area contributed by atoms with E-state index in [2.05, 4.69) is 40.8 Å². The van der Waals surface area contributed by atoms with Crippen molar-refractivity contribution in [2.75, 3.05) is 44.4 Å². The van der Waals surface area contributed by atoms with E-state index >= 15 is 0 Å². The predicted molar refractivity (Wildman–Crippen MR) is 118 cm³/mol. The number of benzene rings is 2. The highest BCUT2D eigenvalue weighted by molar-refractivity contribution is 6.39. The first kappa shape index (κ1) is 21.1. The molecule has 3 rings (SSSR count). The number of nitrogens with one attached hydrogen (secondary N) is 2. The lowest BCUT2D eigenvalue weighted by Gasteiger charge is -2.26. The molecule has 0 aromatic heterocycles. The van der Waals surface area contributed by atoms with Gasteiger partial charge in [-0.1, -0.05) is 29.8 Å². The first-order valence-corrected chi connectivity index (χ1v) is 9.99. The Hall–Kier alpha value is -2.57. The molecule has 6 nitrogen and oxygen atoms in total. The average molecular weight is 415 g/mol. The van der Waals surface area contributed by atoms with Crippen molar-refractivity contribution in [2.45, 2.75) is 19.4 Å². The molecular formula is C22H27ClN4O2. The van der Waals surface area contributed by atoms with Gasteiger partial charge in [0.25, 0.3) is 0 Å². The van der Waals surface area contributed by atoms with Gasteiger partial charge < -0.3 is 20.4 Å². The number of hydrogen-bond donors (Lipinski definition) is 2. The number of amides is 2. The summed E-state index contributed by atoms with van der Waals surface area (Å²) in [6.07, 6.45) is 1.02. The van der Waals surface area contributed by atoms with Crippen LogP contribution < -0.4 is 15.5 Å². The number of aryl methyl sites for hydroxylation is 1. The van der Waals surface area contributed by atoms with Crippen LogP contribution >= 0.6 is 11.6 Å². The third kappa shape index (κ3) is 4.89. The minimum atomic E-state index is -0.710. The molecule has 154 valence electrons. The maximum absolute atomic E-state index is 12.3. The molecule has 0 radical (unpaired) electrons. The van der Waals surface area contributed by atoms with Gasteiger partial charge in [0.15, 0.2) is 0 Å². The Morgan fingerprint density at radius 3 is 2.62 bits per heavy atom. The lowest BCUT2D eigenvalue weighted by molar-refractivity contribution is -0.136. The first-order chi connectivity index (χ1) is 13.8. The zero-order valence-corrected chi connectivity index (χ0v) is 18.0. The van der Waals surface area contributed by atoms with E-state index in [1.807, 2.05) is 25.9 Å². The lowest BCUT2D eigenvalue weighted by atomic mass is 10.0. The highest BCUT2D eigenvalue weighted by Crippen LogP contribution is 2.30. The fourth-order valence-electron chi connectivity index (χ4n) is 3.52. The number of halogens is 1. The van der Waals surface area contributed by atoms with E-state index in [9.17, 15) is 9.59 Å². The maximum atomic E-state index is 12.3. The van der Waals surface area contributed by atoms with Crippen molar-refractivity contribution in [3.8, 4) is 0 Å². The van der Waals surface area contributed by atoms with Crippen LogP contribution in [0.25, 0.3) is 0 Å². The van der Waals surface area contributed by atoms with Crippen molar-refractivity contribution in [3.05, 3.63) is 58.1 Å². The molecule has 2 aromatic carbocycles. The van der Waals surface area contributed by atoms with E-state index in [4.69, 9.17) is 11.6 Å². The van der Waals surface area contributed by atoms with E-state index in [-0.39, 0.29) is 6.04 Å². The summed E-state index contributed by atoms with van der Waals surface area (Å²) in [6, 6.07) is 11.5. The normalized spacial score (nSPS) is 13.9. The third-order valence-corrected chi connectivity index (χ3v) is 5.74. The second-order valence-electron chi connectivity index (χ2n) is 7.67. The minimum absolute atomic E-state index is 0.0308. The van der Waals surface area contributed by atoms with Crippen LogP contribution in [-0.4, -0.2) is 50.9 Å². The summed E-state index contributed by atoms with van der Waals surface area (Å²) in [5, 5.41) is 5.88. The summed E-state index contributed by atoms with van der Waals surface area (Å²) in [6.45, 7) is 3.23. The zero-order chi connectivity index (χ0) is 21.1.